The molecule has 27 heavy (non-hydrogen) atoms. The zero-order valence-corrected chi connectivity index (χ0v) is 16.5. The molecule has 5 N–H and O–H groups in total. The minimum absolute atomic E-state index is 0. The van der Waals surface area contributed by atoms with Crippen LogP contribution in [0, 0.1) is 11.6 Å². The van der Waals surface area contributed by atoms with E-state index >= 15 is 0 Å². The molecule has 0 aliphatic heterocycles. The van der Waals surface area contributed by atoms with Crippen molar-refractivity contribution in [3.8, 4) is 0 Å². The molecule has 0 saturated carbocycles. The van der Waals surface area contributed by atoms with Crippen LogP contribution in [0.4, 0.5) is 8.78 Å². The van der Waals surface area contributed by atoms with Gasteiger partial charge in [-0.3, -0.25) is 4.79 Å². The van der Waals surface area contributed by atoms with Gasteiger partial charge in [0.2, 0.25) is 0 Å². The molecule has 2 atom stereocenters. The fraction of sp³-hybridized carbons (Fsp3) is 0.375. The molecule has 3 rings (SSSR count). The summed E-state index contributed by atoms with van der Waals surface area (Å²) in [4.78, 5) is 15.2. The molecule has 2 aromatic rings. The maximum atomic E-state index is 14.0. The summed E-state index contributed by atoms with van der Waals surface area (Å²) in [6.07, 6.45) is 2.76. The summed E-state index contributed by atoms with van der Waals surface area (Å²) in [5, 5.41) is 9.46. The molecule has 1 aromatic carbocycles. The molecule has 1 heterocycles. The molecule has 1 unspecified atom stereocenters. The Bertz CT molecular complexity index is 837. The van der Waals surface area contributed by atoms with Crippen molar-refractivity contribution in [2.24, 2.45) is 11.5 Å². The SMILES string of the molecule is Cl.NCc1cnc(SSC[C@H](N)C(=O)O)n1C1CCc2c(F)cc(F)cc21. The summed E-state index contributed by atoms with van der Waals surface area (Å²) in [7, 11) is 2.55. The second-order valence-corrected chi connectivity index (χ2v) is 8.24. The highest BCUT2D eigenvalue weighted by Gasteiger charge is 2.30. The number of aliphatic carboxylic acids is 1. The molecule has 0 fully saturated rings. The molecule has 0 amide bonds. The van der Waals surface area contributed by atoms with Gasteiger partial charge < -0.3 is 21.1 Å². The highest BCUT2D eigenvalue weighted by molar-refractivity contribution is 8.76. The van der Waals surface area contributed by atoms with E-state index in [1.165, 1.54) is 27.7 Å². The Hall–Kier alpha value is -1.33. The number of imidazole rings is 1. The van der Waals surface area contributed by atoms with E-state index < -0.39 is 23.6 Å². The Morgan fingerprint density at radius 3 is 2.85 bits per heavy atom. The Kier molecular flexibility index (Phi) is 7.52. The van der Waals surface area contributed by atoms with Crippen LogP contribution in [-0.4, -0.2) is 32.4 Å². The normalized spacial score (nSPS) is 16.7. The first-order valence-corrected chi connectivity index (χ1v) is 10.3. The topological polar surface area (TPSA) is 107 Å². The summed E-state index contributed by atoms with van der Waals surface area (Å²) in [5.41, 5.74) is 13.2. The molecule has 0 spiro atoms. The minimum Gasteiger partial charge on any atom is -0.480 e. The van der Waals surface area contributed by atoms with Gasteiger partial charge in [-0.05, 0) is 40.8 Å². The van der Waals surface area contributed by atoms with Crippen molar-refractivity contribution in [3.05, 3.63) is 46.8 Å². The lowest BCUT2D eigenvalue weighted by atomic mass is 10.1. The number of hydrogen-bond acceptors (Lipinski definition) is 6. The summed E-state index contributed by atoms with van der Waals surface area (Å²) in [5.74, 6) is -2.01. The fourth-order valence-electron chi connectivity index (χ4n) is 3.04. The van der Waals surface area contributed by atoms with Crippen LogP contribution >= 0.6 is 34.0 Å². The van der Waals surface area contributed by atoms with E-state index in [-0.39, 0.29) is 30.7 Å². The largest absolute Gasteiger partial charge is 0.480 e. The number of nitrogens with two attached hydrogens (primary N) is 2. The first-order chi connectivity index (χ1) is 12.4. The summed E-state index contributed by atoms with van der Waals surface area (Å²) >= 11 is 0. The third-order valence-electron chi connectivity index (χ3n) is 4.28. The van der Waals surface area contributed by atoms with E-state index in [1.54, 1.807) is 6.20 Å². The quantitative estimate of drug-likeness (QED) is 0.573. The molecule has 6 nitrogen and oxygen atoms in total. The maximum Gasteiger partial charge on any atom is 0.321 e. The molecule has 1 aromatic heterocycles. The molecule has 11 heteroatoms. The van der Waals surface area contributed by atoms with Crippen molar-refractivity contribution < 1.29 is 18.7 Å². The van der Waals surface area contributed by atoms with E-state index in [2.05, 4.69) is 4.98 Å². The first kappa shape index (κ1) is 22.0. The van der Waals surface area contributed by atoms with Gasteiger partial charge in [-0.25, -0.2) is 13.8 Å². The fourth-order valence-corrected chi connectivity index (χ4v) is 5.26. The van der Waals surface area contributed by atoms with E-state index in [0.717, 1.165) is 11.8 Å². The Balaban J connectivity index is 0.00000261. The number of hydrogen-bond donors (Lipinski definition) is 3. The van der Waals surface area contributed by atoms with E-state index in [4.69, 9.17) is 16.6 Å². The highest BCUT2D eigenvalue weighted by atomic mass is 35.5. The molecule has 1 aliphatic carbocycles. The van der Waals surface area contributed by atoms with Gasteiger partial charge in [0.15, 0.2) is 5.16 Å². The van der Waals surface area contributed by atoms with E-state index in [9.17, 15) is 13.6 Å². The second kappa shape index (κ2) is 9.24. The molecule has 148 valence electrons. The van der Waals surface area contributed by atoms with Gasteiger partial charge in [0.05, 0.1) is 17.9 Å². The molecule has 0 bridgehead atoms. The highest BCUT2D eigenvalue weighted by Crippen LogP contribution is 2.41. The molecule has 0 saturated heterocycles. The van der Waals surface area contributed by atoms with Gasteiger partial charge >= 0.3 is 5.97 Å². The number of benzene rings is 1. The number of aromatic nitrogens is 2. The van der Waals surface area contributed by atoms with Gasteiger partial charge in [-0.2, -0.15) is 0 Å². The van der Waals surface area contributed by atoms with Crippen LogP contribution < -0.4 is 11.5 Å². The number of fused-ring (bicyclic) bond motifs is 1. The van der Waals surface area contributed by atoms with Crippen LogP contribution in [0.15, 0.2) is 23.5 Å². The van der Waals surface area contributed by atoms with Gasteiger partial charge in [0.25, 0.3) is 0 Å². The van der Waals surface area contributed by atoms with Crippen molar-refractivity contribution in [1.29, 1.82) is 0 Å². The van der Waals surface area contributed by atoms with Gasteiger partial charge in [0.1, 0.15) is 17.7 Å². The first-order valence-electron chi connectivity index (χ1n) is 7.94. The number of rotatable bonds is 7. The lowest BCUT2D eigenvalue weighted by Crippen LogP contribution is -2.32. The Labute approximate surface area is 168 Å². The van der Waals surface area contributed by atoms with Crippen molar-refractivity contribution in [3.63, 3.8) is 0 Å². The molecular formula is C16H19ClF2N4O2S2. The smallest absolute Gasteiger partial charge is 0.321 e. The predicted octanol–water partition coefficient (Wildman–Crippen LogP) is 2.73. The monoisotopic (exact) mass is 436 g/mol. The van der Waals surface area contributed by atoms with Crippen LogP contribution in [0.1, 0.15) is 29.3 Å². The van der Waals surface area contributed by atoms with E-state index in [1.807, 2.05) is 4.57 Å². The van der Waals surface area contributed by atoms with Gasteiger partial charge in [0, 0.05) is 18.4 Å². The van der Waals surface area contributed by atoms with Crippen molar-refractivity contribution in [1.82, 2.24) is 9.55 Å². The zero-order valence-electron chi connectivity index (χ0n) is 14.1. The Morgan fingerprint density at radius 1 is 1.44 bits per heavy atom. The van der Waals surface area contributed by atoms with Gasteiger partial charge in [-0.1, -0.05) is 10.8 Å². The lowest BCUT2D eigenvalue weighted by Gasteiger charge is -2.19. The number of carbonyl (C=O) groups is 1. The third kappa shape index (κ3) is 4.57. The number of carboxylic acid groups (broad SMARTS) is 1. The van der Waals surface area contributed by atoms with Crippen molar-refractivity contribution >= 4 is 40.0 Å². The third-order valence-corrected chi connectivity index (χ3v) is 6.55. The van der Waals surface area contributed by atoms with Crippen LogP contribution in [0.3, 0.4) is 0 Å². The summed E-state index contributed by atoms with van der Waals surface area (Å²) in [6.45, 7) is 0.233. The number of halogens is 3. The maximum absolute atomic E-state index is 14.0. The molecular weight excluding hydrogens is 418 g/mol. The van der Waals surface area contributed by atoms with Crippen LogP contribution in [-0.2, 0) is 17.8 Å². The van der Waals surface area contributed by atoms with Crippen LogP contribution in [0.25, 0.3) is 0 Å². The molecule has 1 aliphatic rings. The second-order valence-electron chi connectivity index (χ2n) is 5.93. The average molecular weight is 437 g/mol. The summed E-state index contributed by atoms with van der Waals surface area (Å²) < 4.78 is 29.7. The van der Waals surface area contributed by atoms with Crippen molar-refractivity contribution in [2.75, 3.05) is 5.75 Å². The average Bonchev–Trinajstić information content (AvgIpc) is 3.17. The minimum atomic E-state index is -1.07. The van der Waals surface area contributed by atoms with E-state index in [0.29, 0.717) is 29.1 Å². The lowest BCUT2D eigenvalue weighted by molar-refractivity contribution is -0.137. The summed E-state index contributed by atoms with van der Waals surface area (Å²) in [6, 6.07) is 1.03. The van der Waals surface area contributed by atoms with Crippen LogP contribution in [0.5, 0.6) is 0 Å². The van der Waals surface area contributed by atoms with Gasteiger partial charge in [-0.15, -0.1) is 12.4 Å². The Morgan fingerprint density at radius 2 is 2.19 bits per heavy atom. The standard InChI is InChI=1S/C16H18F2N4O2S2.ClH/c17-8-3-11-10(12(18)4-8)1-2-14(11)22-9(5-19)6-21-16(22)26-25-7-13(20)15(23)24;/h3-4,6,13-14H,1-2,5,7,19-20H2,(H,23,24);1H/t13-,14?;/m0./s1. The van der Waals surface area contributed by atoms with Crippen molar-refractivity contribution in [2.45, 2.75) is 36.6 Å². The number of carboxylic acids is 1. The zero-order chi connectivity index (χ0) is 18.8. The molecule has 0 radical (unpaired) electrons. The predicted molar refractivity (Wildman–Crippen MR) is 104 cm³/mol. The number of nitrogens with zero attached hydrogens (tertiary/aromatic N) is 2. The van der Waals surface area contributed by atoms with Crippen LogP contribution in [0.2, 0.25) is 0 Å².